The lowest BCUT2D eigenvalue weighted by Crippen LogP contribution is -2.06. The molecule has 1 heterocycles. The largest absolute Gasteiger partial charge is 0.493 e. The summed E-state index contributed by atoms with van der Waals surface area (Å²) in [5.41, 5.74) is 0.921. The van der Waals surface area contributed by atoms with Gasteiger partial charge in [-0.1, -0.05) is 0 Å². The maximum atomic E-state index is 12.0. The number of aryl methyl sites for hydroxylation is 1. The average Bonchev–Trinajstić information content (AvgIpc) is 2.74. The number of carbonyl (C=O) groups excluding carboxylic acids is 1. The molecule has 0 fully saturated rings. The van der Waals surface area contributed by atoms with Crippen LogP contribution in [0, 0.1) is 6.92 Å². The van der Waals surface area contributed by atoms with E-state index in [9.17, 15) is 4.79 Å². The summed E-state index contributed by atoms with van der Waals surface area (Å²) in [6, 6.07) is 3.84. The molecular weight excluding hydrogens is 288 g/mol. The van der Waals surface area contributed by atoms with Crippen molar-refractivity contribution in [3.8, 4) is 11.5 Å². The van der Waals surface area contributed by atoms with E-state index in [2.05, 4.69) is 0 Å². The number of esters is 1. The number of rotatable bonds is 5. The number of benzene rings is 1. The lowest BCUT2D eigenvalue weighted by Gasteiger charge is -2.13. The Labute approximate surface area is 128 Å². The molecule has 0 N–H and O–H groups in total. The summed E-state index contributed by atoms with van der Waals surface area (Å²) < 4.78 is 17.2. The number of ether oxygens (including phenoxy) is 3. The van der Waals surface area contributed by atoms with Gasteiger partial charge in [-0.3, -0.25) is 0 Å². The second kappa shape index (κ2) is 6.35. The molecule has 2 rings (SSSR count). The first-order valence-electron chi connectivity index (χ1n) is 6.92. The van der Waals surface area contributed by atoms with Gasteiger partial charge < -0.3 is 14.2 Å². The van der Waals surface area contributed by atoms with Crippen LogP contribution in [0.15, 0.2) is 12.1 Å². The van der Waals surface area contributed by atoms with E-state index < -0.39 is 0 Å². The van der Waals surface area contributed by atoms with E-state index in [1.165, 1.54) is 11.3 Å². The Morgan fingerprint density at radius 3 is 2.57 bits per heavy atom. The SMILES string of the molecule is CCOC(=O)c1sc2cc(OC)c(OC(C)C)cc2c1C. The van der Waals surface area contributed by atoms with Crippen LogP contribution in [0.4, 0.5) is 0 Å². The van der Waals surface area contributed by atoms with Crippen molar-refractivity contribution < 1.29 is 19.0 Å². The first-order chi connectivity index (χ1) is 9.97. The lowest BCUT2D eigenvalue weighted by atomic mass is 10.1. The van der Waals surface area contributed by atoms with Crippen molar-refractivity contribution in [2.45, 2.75) is 33.8 Å². The third-order valence-electron chi connectivity index (χ3n) is 3.05. The molecule has 1 aromatic carbocycles. The van der Waals surface area contributed by atoms with Gasteiger partial charge in [-0.2, -0.15) is 0 Å². The van der Waals surface area contributed by atoms with Gasteiger partial charge in [-0.05, 0) is 39.3 Å². The van der Waals surface area contributed by atoms with Crippen molar-refractivity contribution in [1.29, 1.82) is 0 Å². The molecule has 0 unspecified atom stereocenters. The Morgan fingerprint density at radius 1 is 1.29 bits per heavy atom. The topological polar surface area (TPSA) is 44.8 Å². The first kappa shape index (κ1) is 15.6. The quantitative estimate of drug-likeness (QED) is 0.777. The molecule has 0 aliphatic rings. The second-order valence-electron chi connectivity index (χ2n) is 4.94. The van der Waals surface area contributed by atoms with Gasteiger partial charge >= 0.3 is 5.97 Å². The van der Waals surface area contributed by atoms with Gasteiger partial charge in [0.25, 0.3) is 0 Å². The van der Waals surface area contributed by atoms with Gasteiger partial charge in [0.15, 0.2) is 11.5 Å². The Hall–Kier alpha value is -1.75. The van der Waals surface area contributed by atoms with Crippen molar-refractivity contribution in [2.24, 2.45) is 0 Å². The van der Waals surface area contributed by atoms with Crippen LogP contribution in [0.1, 0.15) is 36.0 Å². The summed E-state index contributed by atoms with van der Waals surface area (Å²) in [5.74, 6) is 1.09. The van der Waals surface area contributed by atoms with Crippen LogP contribution in [-0.2, 0) is 4.74 Å². The Morgan fingerprint density at radius 2 is 2.00 bits per heavy atom. The van der Waals surface area contributed by atoms with Crippen LogP contribution >= 0.6 is 11.3 Å². The molecule has 0 spiro atoms. The van der Waals surface area contributed by atoms with E-state index in [0.717, 1.165) is 15.6 Å². The van der Waals surface area contributed by atoms with E-state index in [0.29, 0.717) is 23.0 Å². The molecule has 0 saturated carbocycles. The summed E-state index contributed by atoms with van der Waals surface area (Å²) in [7, 11) is 1.61. The number of hydrogen-bond donors (Lipinski definition) is 0. The van der Waals surface area contributed by atoms with Crippen molar-refractivity contribution >= 4 is 27.4 Å². The molecule has 0 bridgehead atoms. The first-order valence-corrected chi connectivity index (χ1v) is 7.74. The molecule has 0 radical (unpaired) electrons. The molecule has 21 heavy (non-hydrogen) atoms. The van der Waals surface area contributed by atoms with Crippen LogP contribution < -0.4 is 9.47 Å². The third kappa shape index (κ3) is 3.13. The van der Waals surface area contributed by atoms with Crippen LogP contribution in [0.5, 0.6) is 11.5 Å². The van der Waals surface area contributed by atoms with E-state index >= 15 is 0 Å². The van der Waals surface area contributed by atoms with Crippen LogP contribution in [0.3, 0.4) is 0 Å². The maximum absolute atomic E-state index is 12.0. The predicted octanol–water partition coefficient (Wildman–Crippen LogP) is 4.18. The van der Waals surface area contributed by atoms with E-state index in [1.54, 1.807) is 14.0 Å². The van der Waals surface area contributed by atoms with Crippen LogP contribution in [0.2, 0.25) is 0 Å². The molecule has 114 valence electrons. The molecule has 0 saturated heterocycles. The fourth-order valence-corrected chi connectivity index (χ4v) is 3.24. The number of fused-ring (bicyclic) bond motifs is 1. The molecule has 0 atom stereocenters. The van der Waals surface area contributed by atoms with E-state index in [-0.39, 0.29) is 12.1 Å². The smallest absolute Gasteiger partial charge is 0.348 e. The molecule has 5 heteroatoms. The van der Waals surface area contributed by atoms with Crippen LogP contribution in [0.25, 0.3) is 10.1 Å². The Kier molecular flexibility index (Phi) is 4.73. The van der Waals surface area contributed by atoms with Gasteiger partial charge in [-0.15, -0.1) is 11.3 Å². The average molecular weight is 308 g/mol. The summed E-state index contributed by atoms with van der Waals surface area (Å²) in [6.45, 7) is 8.04. The normalized spacial score (nSPS) is 11.0. The fourth-order valence-electron chi connectivity index (χ4n) is 2.12. The maximum Gasteiger partial charge on any atom is 0.348 e. The highest BCUT2D eigenvalue weighted by Gasteiger charge is 2.19. The van der Waals surface area contributed by atoms with Gasteiger partial charge in [0.05, 0.1) is 19.8 Å². The number of carbonyl (C=O) groups is 1. The minimum Gasteiger partial charge on any atom is -0.493 e. The van der Waals surface area contributed by atoms with Crippen molar-refractivity contribution in [2.75, 3.05) is 13.7 Å². The van der Waals surface area contributed by atoms with Crippen molar-refractivity contribution in [3.05, 3.63) is 22.6 Å². The number of methoxy groups -OCH3 is 1. The highest BCUT2D eigenvalue weighted by molar-refractivity contribution is 7.21. The summed E-state index contributed by atoms with van der Waals surface area (Å²) >= 11 is 1.42. The zero-order chi connectivity index (χ0) is 15.6. The van der Waals surface area contributed by atoms with Gasteiger partial charge in [-0.25, -0.2) is 4.79 Å². The zero-order valence-electron chi connectivity index (χ0n) is 13.0. The molecule has 0 aliphatic heterocycles. The van der Waals surface area contributed by atoms with Crippen molar-refractivity contribution in [3.63, 3.8) is 0 Å². The van der Waals surface area contributed by atoms with E-state index in [4.69, 9.17) is 14.2 Å². The lowest BCUT2D eigenvalue weighted by molar-refractivity contribution is 0.0531. The zero-order valence-corrected chi connectivity index (χ0v) is 13.8. The standard InChI is InChI=1S/C16H20O4S/c1-6-19-16(17)15-10(4)11-7-13(20-9(2)3)12(18-5)8-14(11)21-15/h7-9H,6H2,1-5H3. The second-order valence-corrected chi connectivity index (χ2v) is 5.99. The van der Waals surface area contributed by atoms with Gasteiger partial charge in [0.2, 0.25) is 0 Å². The Balaban J connectivity index is 2.55. The van der Waals surface area contributed by atoms with E-state index in [1.807, 2.05) is 32.9 Å². The van der Waals surface area contributed by atoms with Gasteiger partial charge in [0, 0.05) is 16.2 Å². The predicted molar refractivity (Wildman–Crippen MR) is 84.8 cm³/mol. The summed E-state index contributed by atoms with van der Waals surface area (Å²) in [5, 5.41) is 1.000. The number of thiophene rings is 1. The highest BCUT2D eigenvalue weighted by Crippen LogP contribution is 2.39. The number of hydrogen-bond acceptors (Lipinski definition) is 5. The minimum absolute atomic E-state index is 0.0554. The van der Waals surface area contributed by atoms with Gasteiger partial charge in [0.1, 0.15) is 4.88 Å². The molecular formula is C16H20O4S. The molecule has 2 aromatic rings. The molecule has 1 aromatic heterocycles. The Bertz CT molecular complexity index is 658. The molecule has 0 amide bonds. The monoisotopic (exact) mass is 308 g/mol. The summed E-state index contributed by atoms with van der Waals surface area (Å²) in [4.78, 5) is 12.6. The molecule has 4 nitrogen and oxygen atoms in total. The van der Waals surface area contributed by atoms with Crippen molar-refractivity contribution in [1.82, 2.24) is 0 Å². The molecule has 0 aliphatic carbocycles. The van der Waals surface area contributed by atoms with Crippen LogP contribution in [-0.4, -0.2) is 25.8 Å². The third-order valence-corrected chi connectivity index (χ3v) is 4.28. The summed E-state index contributed by atoms with van der Waals surface area (Å²) in [6.07, 6.45) is 0.0554. The fraction of sp³-hybridized carbons (Fsp3) is 0.438. The minimum atomic E-state index is -0.276. The highest BCUT2D eigenvalue weighted by atomic mass is 32.1.